The van der Waals surface area contributed by atoms with Gasteiger partial charge in [0, 0.05) is 13.2 Å². The number of nitrogens with zero attached hydrogens (tertiary/aromatic N) is 3. The minimum Gasteiger partial charge on any atom is -0.379 e. The predicted octanol–water partition coefficient (Wildman–Crippen LogP) is 2.13. The monoisotopic (exact) mass is 331 g/mol. The second-order valence-corrected chi connectivity index (χ2v) is 6.17. The van der Waals surface area contributed by atoms with Gasteiger partial charge in [-0.15, -0.1) is 0 Å². The summed E-state index contributed by atoms with van der Waals surface area (Å²) in [4.78, 5) is 15.9. The molecule has 0 radical (unpaired) electrons. The number of amides is 2. The smallest absolute Gasteiger partial charge is 0.315 e. The fourth-order valence-corrected chi connectivity index (χ4v) is 2.13. The van der Waals surface area contributed by atoms with Gasteiger partial charge in [0.25, 0.3) is 0 Å². The summed E-state index contributed by atoms with van der Waals surface area (Å²) in [6, 6.07) is 7.54. The second kappa shape index (κ2) is 9.02. The molecule has 7 nitrogen and oxygen atoms in total. The van der Waals surface area contributed by atoms with Crippen molar-refractivity contribution in [2.75, 3.05) is 13.2 Å². The minimum absolute atomic E-state index is 0.0368. The van der Waals surface area contributed by atoms with Gasteiger partial charge in [0.15, 0.2) is 0 Å². The first-order chi connectivity index (χ1) is 11.5. The van der Waals surface area contributed by atoms with Crippen LogP contribution in [0.2, 0.25) is 0 Å². The van der Waals surface area contributed by atoms with Crippen LogP contribution in [0.25, 0.3) is 5.69 Å². The van der Waals surface area contributed by atoms with E-state index in [2.05, 4.69) is 34.6 Å². The van der Waals surface area contributed by atoms with Gasteiger partial charge in [0.1, 0.15) is 12.7 Å². The van der Waals surface area contributed by atoms with Gasteiger partial charge in [-0.2, -0.15) is 5.10 Å². The maximum absolute atomic E-state index is 11.9. The zero-order chi connectivity index (χ0) is 17.4. The van der Waals surface area contributed by atoms with Crippen LogP contribution < -0.4 is 10.6 Å². The zero-order valence-electron chi connectivity index (χ0n) is 14.4. The highest BCUT2D eigenvalue weighted by atomic mass is 16.5. The Morgan fingerprint density at radius 2 is 2.12 bits per heavy atom. The van der Waals surface area contributed by atoms with E-state index in [0.29, 0.717) is 25.7 Å². The number of benzene rings is 1. The van der Waals surface area contributed by atoms with Crippen molar-refractivity contribution in [3.63, 3.8) is 0 Å². The molecule has 0 bridgehead atoms. The fraction of sp³-hybridized carbons (Fsp3) is 0.471. The van der Waals surface area contributed by atoms with E-state index >= 15 is 0 Å². The van der Waals surface area contributed by atoms with Crippen LogP contribution in [0.15, 0.2) is 36.9 Å². The van der Waals surface area contributed by atoms with Crippen LogP contribution in [0.5, 0.6) is 0 Å². The summed E-state index contributed by atoms with van der Waals surface area (Å²) >= 11 is 0. The van der Waals surface area contributed by atoms with E-state index in [1.807, 2.05) is 31.2 Å². The lowest BCUT2D eigenvalue weighted by molar-refractivity contribution is 0.0954. The molecule has 0 aliphatic carbocycles. The highest BCUT2D eigenvalue weighted by molar-refractivity contribution is 5.74. The lowest BCUT2D eigenvalue weighted by atomic mass is 10.2. The van der Waals surface area contributed by atoms with Crippen molar-refractivity contribution in [2.45, 2.75) is 33.4 Å². The molecule has 0 fully saturated rings. The number of ether oxygens (including phenoxy) is 1. The Morgan fingerprint density at radius 1 is 1.29 bits per heavy atom. The third-order valence-corrected chi connectivity index (χ3v) is 3.24. The first-order valence-electron chi connectivity index (χ1n) is 8.10. The van der Waals surface area contributed by atoms with E-state index in [1.54, 1.807) is 11.0 Å². The van der Waals surface area contributed by atoms with E-state index in [9.17, 15) is 4.79 Å². The summed E-state index contributed by atoms with van der Waals surface area (Å²) in [5, 5.41) is 9.81. The molecular formula is C17H25N5O2. The summed E-state index contributed by atoms with van der Waals surface area (Å²) in [6.07, 6.45) is 3.12. The van der Waals surface area contributed by atoms with Crippen molar-refractivity contribution in [2.24, 2.45) is 5.92 Å². The molecule has 0 saturated heterocycles. The Balaban J connectivity index is 1.76. The molecule has 2 amide bonds. The van der Waals surface area contributed by atoms with Crippen LogP contribution in [-0.4, -0.2) is 40.1 Å². The Labute approximate surface area is 142 Å². The molecule has 24 heavy (non-hydrogen) atoms. The third kappa shape index (κ3) is 6.00. The summed E-state index contributed by atoms with van der Waals surface area (Å²) in [5.41, 5.74) is 1.89. The van der Waals surface area contributed by atoms with Crippen molar-refractivity contribution in [3.05, 3.63) is 42.5 Å². The minimum atomic E-state index is -0.207. The maximum atomic E-state index is 11.9. The maximum Gasteiger partial charge on any atom is 0.315 e. The van der Waals surface area contributed by atoms with Crippen LogP contribution >= 0.6 is 0 Å². The molecule has 0 unspecified atom stereocenters. The first-order valence-corrected chi connectivity index (χ1v) is 8.10. The SMILES string of the molecule is CC(C)COC[C@@H](C)NC(=O)NCc1cccc(-n2cncn2)c1. The predicted molar refractivity (Wildman–Crippen MR) is 91.8 cm³/mol. The van der Waals surface area contributed by atoms with Gasteiger partial charge >= 0.3 is 6.03 Å². The normalized spacial score (nSPS) is 12.2. The molecule has 0 saturated carbocycles. The number of carbonyl (C=O) groups is 1. The molecular weight excluding hydrogens is 306 g/mol. The molecule has 1 heterocycles. The summed E-state index contributed by atoms with van der Waals surface area (Å²) in [6.45, 7) is 7.76. The van der Waals surface area contributed by atoms with E-state index in [0.717, 1.165) is 11.3 Å². The number of aromatic nitrogens is 3. The molecule has 0 aliphatic heterocycles. The number of hydrogen-bond acceptors (Lipinski definition) is 4. The van der Waals surface area contributed by atoms with Crippen LogP contribution in [-0.2, 0) is 11.3 Å². The quantitative estimate of drug-likeness (QED) is 0.776. The summed E-state index contributed by atoms with van der Waals surface area (Å²) in [5.74, 6) is 0.489. The Hall–Kier alpha value is -2.41. The number of urea groups is 1. The van der Waals surface area contributed by atoms with Gasteiger partial charge in [0.2, 0.25) is 0 Å². The summed E-state index contributed by atoms with van der Waals surface area (Å²) < 4.78 is 7.20. The van der Waals surface area contributed by atoms with Crippen molar-refractivity contribution in [1.29, 1.82) is 0 Å². The average Bonchev–Trinajstić information content (AvgIpc) is 3.07. The topological polar surface area (TPSA) is 81.1 Å². The molecule has 1 aromatic heterocycles. The fourth-order valence-electron chi connectivity index (χ4n) is 2.13. The average molecular weight is 331 g/mol. The van der Waals surface area contributed by atoms with Gasteiger partial charge in [-0.25, -0.2) is 14.5 Å². The van der Waals surface area contributed by atoms with Crippen LogP contribution in [0.4, 0.5) is 4.79 Å². The number of rotatable bonds is 8. The molecule has 0 aliphatic rings. The third-order valence-electron chi connectivity index (χ3n) is 3.24. The lowest BCUT2D eigenvalue weighted by Crippen LogP contribution is -2.42. The van der Waals surface area contributed by atoms with Gasteiger partial charge in [-0.1, -0.05) is 26.0 Å². The molecule has 7 heteroatoms. The molecule has 2 aromatic rings. The molecule has 1 aromatic carbocycles. The second-order valence-electron chi connectivity index (χ2n) is 6.17. The van der Waals surface area contributed by atoms with E-state index in [1.165, 1.54) is 6.33 Å². The van der Waals surface area contributed by atoms with Crippen LogP contribution in [0.1, 0.15) is 26.3 Å². The van der Waals surface area contributed by atoms with E-state index in [4.69, 9.17) is 4.74 Å². The number of hydrogen-bond donors (Lipinski definition) is 2. The van der Waals surface area contributed by atoms with Crippen molar-refractivity contribution in [3.8, 4) is 5.69 Å². The highest BCUT2D eigenvalue weighted by Gasteiger charge is 2.08. The Kier molecular flexibility index (Phi) is 6.74. The highest BCUT2D eigenvalue weighted by Crippen LogP contribution is 2.08. The molecule has 130 valence electrons. The van der Waals surface area contributed by atoms with E-state index < -0.39 is 0 Å². The lowest BCUT2D eigenvalue weighted by Gasteiger charge is -2.16. The van der Waals surface area contributed by atoms with Gasteiger partial charge in [-0.05, 0) is 30.5 Å². The largest absolute Gasteiger partial charge is 0.379 e. The molecule has 2 N–H and O–H groups in total. The van der Waals surface area contributed by atoms with Crippen LogP contribution in [0, 0.1) is 5.92 Å². The Morgan fingerprint density at radius 3 is 2.83 bits per heavy atom. The van der Waals surface area contributed by atoms with Gasteiger partial charge in [0.05, 0.1) is 18.3 Å². The first kappa shape index (κ1) is 17.9. The number of carbonyl (C=O) groups excluding carboxylic acids is 1. The van der Waals surface area contributed by atoms with Gasteiger partial charge < -0.3 is 15.4 Å². The van der Waals surface area contributed by atoms with Crippen molar-refractivity contribution < 1.29 is 9.53 Å². The zero-order valence-corrected chi connectivity index (χ0v) is 14.4. The van der Waals surface area contributed by atoms with Crippen molar-refractivity contribution in [1.82, 2.24) is 25.4 Å². The molecule has 0 spiro atoms. The summed E-state index contributed by atoms with van der Waals surface area (Å²) in [7, 11) is 0. The van der Waals surface area contributed by atoms with E-state index in [-0.39, 0.29) is 12.1 Å². The standard InChI is InChI=1S/C17H25N5O2/c1-13(2)9-24-10-14(3)21-17(23)19-8-15-5-4-6-16(7-15)22-12-18-11-20-22/h4-7,11-14H,8-10H2,1-3H3,(H2,19,21,23)/t14-/m1/s1. The molecule has 1 atom stereocenters. The van der Waals surface area contributed by atoms with Crippen LogP contribution in [0.3, 0.4) is 0 Å². The number of nitrogens with one attached hydrogen (secondary N) is 2. The Bertz CT molecular complexity index is 628. The van der Waals surface area contributed by atoms with Crippen molar-refractivity contribution >= 4 is 6.03 Å². The molecule has 2 rings (SSSR count). The van der Waals surface area contributed by atoms with Gasteiger partial charge in [-0.3, -0.25) is 0 Å².